The molecule has 0 saturated carbocycles. The number of carbonyl (C=O) groups excluding carboxylic acids is 2. The molecule has 2 aliphatic heterocycles. The number of imidazole rings is 2. The second kappa shape index (κ2) is 12.3. The maximum Gasteiger partial charge on any atom is 0.407 e. The van der Waals surface area contributed by atoms with E-state index < -0.39 is 20.2 Å². The van der Waals surface area contributed by atoms with Gasteiger partial charge in [-0.2, -0.15) is 0 Å². The highest BCUT2D eigenvalue weighted by atomic mass is 28.3. The number of ether oxygens (including phenoxy) is 1. The molecule has 4 N–H and O–H groups in total. The average Bonchev–Trinajstić information content (AvgIpc) is 3.88. The molecular formula is C36H43N7O3Si. The van der Waals surface area contributed by atoms with Gasteiger partial charge in [-0.1, -0.05) is 69.4 Å². The fourth-order valence-electron chi connectivity index (χ4n) is 7.21. The van der Waals surface area contributed by atoms with Crippen LogP contribution in [0.25, 0.3) is 44.2 Å². The Hall–Kier alpha value is -4.48. The van der Waals surface area contributed by atoms with Crippen LogP contribution in [0.4, 0.5) is 4.79 Å². The Balaban J connectivity index is 1.15. The second-order valence-electron chi connectivity index (χ2n) is 14.1. The van der Waals surface area contributed by atoms with Crippen molar-refractivity contribution in [3.8, 4) is 22.4 Å². The van der Waals surface area contributed by atoms with E-state index in [1.165, 1.54) is 13.5 Å². The molecule has 244 valence electrons. The lowest BCUT2D eigenvalue weighted by Crippen LogP contribution is -2.52. The van der Waals surface area contributed by atoms with Crippen LogP contribution in [0.3, 0.4) is 0 Å². The lowest BCUT2D eigenvalue weighted by Gasteiger charge is -2.30. The van der Waals surface area contributed by atoms with Crippen molar-refractivity contribution in [1.29, 1.82) is 0 Å². The minimum atomic E-state index is -1.73. The molecule has 10 nitrogen and oxygen atoms in total. The predicted molar refractivity (Wildman–Crippen MR) is 188 cm³/mol. The van der Waals surface area contributed by atoms with E-state index >= 15 is 0 Å². The number of aromatic amines is 2. The number of alkyl carbamates (subject to hydrolysis) is 1. The van der Waals surface area contributed by atoms with Gasteiger partial charge >= 0.3 is 6.09 Å². The summed E-state index contributed by atoms with van der Waals surface area (Å²) in [6, 6.07) is 19.7. The van der Waals surface area contributed by atoms with Crippen molar-refractivity contribution in [2.75, 3.05) is 19.8 Å². The first-order valence-corrected chi connectivity index (χ1v) is 20.0. The first-order valence-electron chi connectivity index (χ1n) is 16.6. The van der Waals surface area contributed by atoms with Gasteiger partial charge in [0.1, 0.15) is 17.7 Å². The van der Waals surface area contributed by atoms with Crippen molar-refractivity contribution in [2.24, 2.45) is 5.92 Å². The first kappa shape index (κ1) is 31.1. The number of aromatic nitrogens is 4. The van der Waals surface area contributed by atoms with Gasteiger partial charge < -0.3 is 30.2 Å². The zero-order valence-electron chi connectivity index (χ0n) is 27.7. The molecule has 47 heavy (non-hydrogen) atoms. The normalized spacial score (nSPS) is 19.9. The summed E-state index contributed by atoms with van der Waals surface area (Å²) in [5.74, 6) is 1.63. The van der Waals surface area contributed by atoms with Crippen LogP contribution in [-0.4, -0.2) is 70.8 Å². The Morgan fingerprint density at radius 3 is 2.49 bits per heavy atom. The van der Waals surface area contributed by atoms with E-state index in [2.05, 4.69) is 93.3 Å². The number of nitrogens with zero attached hydrogens (tertiary/aromatic N) is 3. The van der Waals surface area contributed by atoms with Crippen molar-refractivity contribution in [3.05, 3.63) is 72.4 Å². The van der Waals surface area contributed by atoms with Crippen molar-refractivity contribution in [2.45, 2.75) is 64.0 Å². The van der Waals surface area contributed by atoms with Gasteiger partial charge in [-0.25, -0.2) is 14.8 Å². The standard InChI is InChI=1S/C36H43N7O3Si/c1-21(2)31(42-36(45)46-3)35(44)43-20-47(4,5)19-30(43)34-39-27-15-13-25-17-24(12-14-26(25)32(27)41-34)22-8-10-23(11-9-22)29-18-38-33(40-29)28-7-6-16-37-28/h8-15,17-18,21,28,30-31,37H,6-7,16,19-20H2,1-5H3,(H,38,40)(H,39,41)(H,42,45)/t28-,30-,31-/m0/s1. The van der Waals surface area contributed by atoms with E-state index in [9.17, 15) is 9.59 Å². The summed E-state index contributed by atoms with van der Waals surface area (Å²) in [5, 5.41) is 8.47. The molecule has 2 fully saturated rings. The van der Waals surface area contributed by atoms with Crippen LogP contribution in [0, 0.1) is 5.92 Å². The smallest absolute Gasteiger partial charge is 0.407 e. The van der Waals surface area contributed by atoms with Gasteiger partial charge in [0.15, 0.2) is 0 Å². The fraction of sp³-hybridized carbons (Fsp3) is 0.389. The second-order valence-corrected chi connectivity index (χ2v) is 19.2. The highest BCUT2D eigenvalue weighted by Crippen LogP contribution is 2.39. The lowest BCUT2D eigenvalue weighted by atomic mass is 9.99. The van der Waals surface area contributed by atoms with Gasteiger partial charge in [0.25, 0.3) is 0 Å². The van der Waals surface area contributed by atoms with Crippen LogP contribution in [0.15, 0.2) is 60.8 Å². The summed E-state index contributed by atoms with van der Waals surface area (Å²) < 4.78 is 4.82. The molecule has 3 aromatic carbocycles. The molecule has 0 unspecified atom stereocenters. The van der Waals surface area contributed by atoms with Crippen molar-refractivity contribution >= 4 is 41.9 Å². The summed E-state index contributed by atoms with van der Waals surface area (Å²) in [6.07, 6.45) is 4.34. The lowest BCUT2D eigenvalue weighted by molar-refractivity contribution is -0.135. The van der Waals surface area contributed by atoms with Crippen molar-refractivity contribution in [3.63, 3.8) is 0 Å². The molecule has 2 saturated heterocycles. The molecule has 4 heterocycles. The summed E-state index contributed by atoms with van der Waals surface area (Å²) >= 11 is 0. The van der Waals surface area contributed by atoms with Gasteiger partial charge in [-0.05, 0) is 65.6 Å². The van der Waals surface area contributed by atoms with Gasteiger partial charge in [0.05, 0.1) is 50.2 Å². The fourth-order valence-corrected chi connectivity index (χ4v) is 10.1. The number of amides is 2. The third kappa shape index (κ3) is 6.05. The van der Waals surface area contributed by atoms with E-state index in [-0.39, 0.29) is 17.9 Å². The predicted octanol–water partition coefficient (Wildman–Crippen LogP) is 6.71. The SMILES string of the molecule is COC(=O)N[C@H](C(=O)N1C[Si](C)(C)C[C@H]1c1nc2ccc3cc(-c4ccc(-c5cnc([C@@H]6CCCN6)[nH]5)cc4)ccc3c2[nH]1)C(C)C. The third-order valence-electron chi connectivity index (χ3n) is 9.72. The van der Waals surface area contributed by atoms with E-state index in [1.54, 1.807) is 0 Å². The number of hydrogen-bond acceptors (Lipinski definition) is 6. The molecule has 2 aromatic heterocycles. The van der Waals surface area contributed by atoms with Gasteiger partial charge in [-0.15, -0.1) is 0 Å². The van der Waals surface area contributed by atoms with Crippen LogP contribution >= 0.6 is 0 Å². The van der Waals surface area contributed by atoms with E-state index in [1.807, 2.05) is 24.9 Å². The van der Waals surface area contributed by atoms with Crippen LogP contribution < -0.4 is 10.6 Å². The number of carbonyl (C=O) groups is 2. The monoisotopic (exact) mass is 649 g/mol. The van der Waals surface area contributed by atoms with Gasteiger partial charge in [0.2, 0.25) is 5.91 Å². The average molecular weight is 650 g/mol. The number of nitrogens with one attached hydrogen (secondary N) is 4. The summed E-state index contributed by atoms with van der Waals surface area (Å²) in [5.41, 5.74) is 6.28. The highest BCUT2D eigenvalue weighted by Gasteiger charge is 2.45. The van der Waals surface area contributed by atoms with E-state index in [0.717, 1.165) is 74.8 Å². The number of hydrogen-bond donors (Lipinski definition) is 4. The zero-order valence-corrected chi connectivity index (χ0v) is 28.7. The summed E-state index contributed by atoms with van der Waals surface area (Å²) in [6.45, 7) is 9.53. The molecule has 3 atom stereocenters. The first-order chi connectivity index (χ1) is 22.6. The van der Waals surface area contributed by atoms with Gasteiger partial charge in [0, 0.05) is 11.6 Å². The Labute approximate surface area is 275 Å². The molecule has 5 aromatic rings. The quantitative estimate of drug-likeness (QED) is 0.145. The molecule has 0 spiro atoms. The summed E-state index contributed by atoms with van der Waals surface area (Å²) in [4.78, 5) is 44.7. The topological polar surface area (TPSA) is 128 Å². The Bertz CT molecular complexity index is 1940. The molecule has 0 bridgehead atoms. The number of fused-ring (bicyclic) bond motifs is 3. The Morgan fingerprint density at radius 1 is 1.00 bits per heavy atom. The van der Waals surface area contributed by atoms with Crippen molar-refractivity contribution in [1.82, 2.24) is 35.5 Å². The maximum atomic E-state index is 13.9. The maximum absolute atomic E-state index is 13.9. The molecule has 0 aliphatic carbocycles. The van der Waals surface area contributed by atoms with E-state index in [0.29, 0.717) is 12.2 Å². The molecule has 7 rings (SSSR count). The van der Waals surface area contributed by atoms with Crippen LogP contribution in [-0.2, 0) is 9.53 Å². The Morgan fingerprint density at radius 2 is 1.77 bits per heavy atom. The largest absolute Gasteiger partial charge is 0.453 e. The molecule has 0 radical (unpaired) electrons. The number of H-pyrrole nitrogens is 2. The third-order valence-corrected chi connectivity index (χ3v) is 12.4. The number of rotatable bonds is 7. The number of methoxy groups -OCH3 is 1. The van der Waals surface area contributed by atoms with E-state index in [4.69, 9.17) is 9.72 Å². The molecule has 2 amide bonds. The Kier molecular flexibility index (Phi) is 8.13. The summed E-state index contributed by atoms with van der Waals surface area (Å²) in [7, 11) is -0.411. The molecule has 2 aliphatic rings. The molecule has 11 heteroatoms. The number of benzene rings is 3. The minimum Gasteiger partial charge on any atom is -0.453 e. The van der Waals surface area contributed by atoms with Crippen LogP contribution in [0.2, 0.25) is 19.1 Å². The van der Waals surface area contributed by atoms with Gasteiger partial charge in [-0.3, -0.25) is 4.79 Å². The van der Waals surface area contributed by atoms with Crippen LogP contribution in [0.1, 0.15) is 50.4 Å². The zero-order chi connectivity index (χ0) is 32.9. The minimum absolute atomic E-state index is 0.0879. The molecular weight excluding hydrogens is 607 g/mol. The van der Waals surface area contributed by atoms with Crippen molar-refractivity contribution < 1.29 is 14.3 Å². The highest BCUT2D eigenvalue weighted by molar-refractivity contribution is 6.78. The van der Waals surface area contributed by atoms with Crippen LogP contribution in [0.5, 0.6) is 0 Å².